The Hall–Kier alpha value is -1.35. The van der Waals surface area contributed by atoms with Crippen molar-refractivity contribution >= 4 is 11.0 Å². The fourth-order valence-corrected chi connectivity index (χ4v) is 1.35. The van der Waals surface area contributed by atoms with Gasteiger partial charge in [-0.3, -0.25) is 0 Å². The number of aromatic amines is 1. The van der Waals surface area contributed by atoms with Crippen LogP contribution in [0.15, 0.2) is 18.3 Å². The molecule has 0 aliphatic heterocycles. The Morgan fingerprint density at radius 3 is 3.17 bits per heavy atom. The van der Waals surface area contributed by atoms with Gasteiger partial charge in [-0.2, -0.15) is 0 Å². The summed E-state index contributed by atoms with van der Waals surface area (Å²) in [6.45, 7) is 2.04. The summed E-state index contributed by atoms with van der Waals surface area (Å²) in [4.78, 5) is 7.25. The Kier molecular flexibility index (Phi) is 1.59. The lowest BCUT2D eigenvalue weighted by Crippen LogP contribution is -1.84. The molecule has 0 spiro atoms. The van der Waals surface area contributed by atoms with Gasteiger partial charge in [0.05, 0.1) is 6.61 Å². The molecule has 0 aliphatic carbocycles. The van der Waals surface area contributed by atoms with Gasteiger partial charge in [-0.25, -0.2) is 4.98 Å². The molecule has 0 amide bonds. The second kappa shape index (κ2) is 2.60. The van der Waals surface area contributed by atoms with Gasteiger partial charge in [0.25, 0.3) is 0 Å². The van der Waals surface area contributed by atoms with E-state index in [1.807, 2.05) is 19.1 Å². The molecule has 0 atom stereocenters. The SMILES string of the molecule is Cc1cc2c(CO)ccnc2[nH]1. The molecule has 2 aromatic rings. The molecule has 0 bridgehead atoms. The lowest BCUT2D eigenvalue weighted by molar-refractivity contribution is 0.283. The van der Waals surface area contributed by atoms with Gasteiger partial charge in [-0.1, -0.05) is 0 Å². The van der Waals surface area contributed by atoms with Gasteiger partial charge in [0.2, 0.25) is 0 Å². The Morgan fingerprint density at radius 1 is 1.58 bits per heavy atom. The average Bonchev–Trinajstić information content (AvgIpc) is 2.44. The summed E-state index contributed by atoms with van der Waals surface area (Å²) in [6.07, 6.45) is 1.70. The lowest BCUT2D eigenvalue weighted by atomic mass is 10.2. The van der Waals surface area contributed by atoms with E-state index in [2.05, 4.69) is 9.97 Å². The molecular formula is C9H10N2O. The molecule has 0 aromatic carbocycles. The maximum Gasteiger partial charge on any atom is 0.137 e. The van der Waals surface area contributed by atoms with Gasteiger partial charge in [0.15, 0.2) is 0 Å². The predicted molar refractivity (Wildman–Crippen MR) is 46.8 cm³/mol. The summed E-state index contributed by atoms with van der Waals surface area (Å²) in [5, 5.41) is 10.0. The van der Waals surface area contributed by atoms with E-state index in [-0.39, 0.29) is 6.61 Å². The van der Waals surface area contributed by atoms with Crippen molar-refractivity contribution in [1.29, 1.82) is 0 Å². The largest absolute Gasteiger partial charge is 0.392 e. The minimum atomic E-state index is 0.0658. The van der Waals surface area contributed by atoms with Crippen molar-refractivity contribution in [2.75, 3.05) is 0 Å². The van der Waals surface area contributed by atoms with Gasteiger partial charge < -0.3 is 10.1 Å². The van der Waals surface area contributed by atoms with Gasteiger partial charge >= 0.3 is 0 Å². The van der Waals surface area contributed by atoms with Crippen LogP contribution in [0.5, 0.6) is 0 Å². The summed E-state index contributed by atoms with van der Waals surface area (Å²) in [6, 6.07) is 3.82. The van der Waals surface area contributed by atoms with Crippen molar-refractivity contribution < 1.29 is 5.11 Å². The molecule has 0 saturated heterocycles. The normalized spacial score (nSPS) is 10.8. The van der Waals surface area contributed by atoms with E-state index in [1.165, 1.54) is 0 Å². The standard InChI is InChI=1S/C9H10N2O/c1-6-4-8-7(5-12)2-3-10-9(8)11-6/h2-4,12H,5H2,1H3,(H,10,11). The molecule has 0 unspecified atom stereocenters. The van der Waals surface area contributed by atoms with Crippen LogP contribution in [0.2, 0.25) is 0 Å². The Labute approximate surface area is 70.1 Å². The predicted octanol–water partition coefficient (Wildman–Crippen LogP) is 1.36. The fourth-order valence-electron chi connectivity index (χ4n) is 1.35. The van der Waals surface area contributed by atoms with Crippen LogP contribution < -0.4 is 0 Å². The molecule has 3 nitrogen and oxygen atoms in total. The molecule has 2 heterocycles. The quantitative estimate of drug-likeness (QED) is 0.665. The fraction of sp³-hybridized carbons (Fsp3) is 0.222. The van der Waals surface area contributed by atoms with Crippen molar-refractivity contribution in [3.05, 3.63) is 29.6 Å². The summed E-state index contributed by atoms with van der Waals surface area (Å²) < 4.78 is 0. The number of hydrogen-bond acceptors (Lipinski definition) is 2. The highest BCUT2D eigenvalue weighted by Crippen LogP contribution is 2.16. The number of fused-ring (bicyclic) bond motifs is 1. The summed E-state index contributed by atoms with van der Waals surface area (Å²) in [5.74, 6) is 0. The summed E-state index contributed by atoms with van der Waals surface area (Å²) in [5.41, 5.74) is 2.84. The maximum atomic E-state index is 9.00. The van der Waals surface area contributed by atoms with Crippen LogP contribution in [-0.4, -0.2) is 15.1 Å². The zero-order valence-corrected chi connectivity index (χ0v) is 6.83. The van der Waals surface area contributed by atoms with Crippen LogP contribution in [0.1, 0.15) is 11.3 Å². The Morgan fingerprint density at radius 2 is 2.42 bits per heavy atom. The molecule has 2 N–H and O–H groups in total. The van der Waals surface area contributed by atoms with E-state index in [4.69, 9.17) is 5.11 Å². The second-order valence-corrected chi connectivity index (χ2v) is 2.84. The van der Waals surface area contributed by atoms with E-state index in [1.54, 1.807) is 6.20 Å². The van der Waals surface area contributed by atoms with E-state index < -0.39 is 0 Å². The second-order valence-electron chi connectivity index (χ2n) is 2.84. The first-order valence-electron chi connectivity index (χ1n) is 3.85. The summed E-state index contributed by atoms with van der Waals surface area (Å²) in [7, 11) is 0. The van der Waals surface area contributed by atoms with Crippen molar-refractivity contribution in [1.82, 2.24) is 9.97 Å². The lowest BCUT2D eigenvalue weighted by Gasteiger charge is -1.95. The molecular weight excluding hydrogens is 152 g/mol. The van der Waals surface area contributed by atoms with Crippen molar-refractivity contribution in [2.24, 2.45) is 0 Å². The van der Waals surface area contributed by atoms with Crippen LogP contribution in [0.3, 0.4) is 0 Å². The van der Waals surface area contributed by atoms with Crippen LogP contribution in [0.25, 0.3) is 11.0 Å². The van der Waals surface area contributed by atoms with Gasteiger partial charge in [0, 0.05) is 17.3 Å². The van der Waals surface area contributed by atoms with Crippen LogP contribution in [0.4, 0.5) is 0 Å². The zero-order valence-electron chi connectivity index (χ0n) is 6.83. The Balaban J connectivity index is 2.78. The van der Waals surface area contributed by atoms with Crippen LogP contribution >= 0.6 is 0 Å². The number of pyridine rings is 1. The first-order chi connectivity index (χ1) is 5.81. The smallest absolute Gasteiger partial charge is 0.137 e. The van der Waals surface area contributed by atoms with Crippen LogP contribution in [0, 0.1) is 6.92 Å². The van der Waals surface area contributed by atoms with Gasteiger partial charge in [0.1, 0.15) is 5.65 Å². The number of nitrogens with zero attached hydrogens (tertiary/aromatic N) is 1. The highest BCUT2D eigenvalue weighted by atomic mass is 16.3. The monoisotopic (exact) mass is 162 g/mol. The number of aliphatic hydroxyl groups is 1. The third-order valence-corrected chi connectivity index (χ3v) is 1.93. The van der Waals surface area contributed by atoms with Crippen LogP contribution in [-0.2, 0) is 6.61 Å². The molecule has 0 saturated carbocycles. The number of aliphatic hydroxyl groups excluding tert-OH is 1. The minimum Gasteiger partial charge on any atom is -0.392 e. The highest BCUT2D eigenvalue weighted by Gasteiger charge is 2.02. The minimum absolute atomic E-state index is 0.0658. The van der Waals surface area contributed by atoms with E-state index >= 15 is 0 Å². The molecule has 0 fully saturated rings. The number of aromatic nitrogens is 2. The molecule has 0 aliphatic rings. The maximum absolute atomic E-state index is 9.00. The zero-order chi connectivity index (χ0) is 8.55. The molecule has 3 heteroatoms. The third-order valence-electron chi connectivity index (χ3n) is 1.93. The number of hydrogen-bond donors (Lipinski definition) is 2. The Bertz CT molecular complexity index is 406. The number of nitrogens with one attached hydrogen (secondary N) is 1. The van der Waals surface area contributed by atoms with E-state index in [0.717, 1.165) is 22.3 Å². The molecule has 2 rings (SSSR count). The van der Waals surface area contributed by atoms with Crippen molar-refractivity contribution in [3.63, 3.8) is 0 Å². The van der Waals surface area contributed by atoms with E-state index in [9.17, 15) is 0 Å². The average molecular weight is 162 g/mol. The first kappa shape index (κ1) is 7.31. The van der Waals surface area contributed by atoms with Crippen molar-refractivity contribution in [3.8, 4) is 0 Å². The molecule has 2 aromatic heterocycles. The highest BCUT2D eigenvalue weighted by molar-refractivity contribution is 5.80. The number of aryl methyl sites for hydroxylation is 1. The molecule has 62 valence electrons. The third kappa shape index (κ3) is 0.987. The molecule has 0 radical (unpaired) electrons. The number of rotatable bonds is 1. The van der Waals surface area contributed by atoms with Gasteiger partial charge in [-0.05, 0) is 24.6 Å². The van der Waals surface area contributed by atoms with Crippen molar-refractivity contribution in [2.45, 2.75) is 13.5 Å². The van der Waals surface area contributed by atoms with Gasteiger partial charge in [-0.15, -0.1) is 0 Å². The first-order valence-corrected chi connectivity index (χ1v) is 3.85. The molecule has 12 heavy (non-hydrogen) atoms. The topological polar surface area (TPSA) is 48.9 Å². The number of H-pyrrole nitrogens is 1. The summed E-state index contributed by atoms with van der Waals surface area (Å²) >= 11 is 0. The van der Waals surface area contributed by atoms with E-state index in [0.29, 0.717) is 0 Å².